The Bertz CT molecular complexity index is 589. The predicted octanol–water partition coefficient (Wildman–Crippen LogP) is 4.27. The maximum absolute atomic E-state index is 10.6. The smallest absolute Gasteiger partial charge is 0.165 e. The highest BCUT2D eigenvalue weighted by atomic mass is 16.3. The van der Waals surface area contributed by atoms with Gasteiger partial charge in [0.25, 0.3) is 0 Å². The summed E-state index contributed by atoms with van der Waals surface area (Å²) in [5.74, 6) is 0.315. The van der Waals surface area contributed by atoms with Gasteiger partial charge in [-0.15, -0.1) is 0 Å². The molecule has 3 heteroatoms. The largest absolute Gasteiger partial charge is 0.504 e. The number of rotatable bonds is 3. The first-order valence-electron chi connectivity index (χ1n) is 7.22. The van der Waals surface area contributed by atoms with E-state index in [1.165, 1.54) is 5.56 Å². The molecule has 2 aromatic rings. The molecular weight excluding hydrogens is 248 g/mol. The zero-order valence-corrected chi connectivity index (χ0v) is 13.1. The number of hydrogen-bond donors (Lipinski definition) is 1. The van der Waals surface area contributed by atoms with Gasteiger partial charge in [0.05, 0.1) is 0 Å². The summed E-state index contributed by atoms with van der Waals surface area (Å²) < 4.78 is 1.93. The van der Waals surface area contributed by atoms with Gasteiger partial charge in [0.15, 0.2) is 5.75 Å². The minimum absolute atomic E-state index is 0.164. The number of benzene rings is 1. The Morgan fingerprint density at radius 2 is 1.75 bits per heavy atom. The molecule has 0 radical (unpaired) electrons. The van der Waals surface area contributed by atoms with Crippen molar-refractivity contribution in [3.8, 4) is 17.0 Å². The van der Waals surface area contributed by atoms with E-state index in [-0.39, 0.29) is 5.41 Å². The fraction of sp³-hybridized carbons (Fsp3) is 0.471. The topological polar surface area (TPSA) is 38.0 Å². The molecule has 0 bridgehead atoms. The average molecular weight is 272 g/mol. The molecule has 1 N–H and O–H groups in total. The third kappa shape index (κ3) is 2.72. The van der Waals surface area contributed by atoms with Crippen LogP contribution in [0.2, 0.25) is 0 Å². The van der Waals surface area contributed by atoms with Crippen molar-refractivity contribution in [3.05, 3.63) is 35.5 Å². The molecule has 20 heavy (non-hydrogen) atoms. The van der Waals surface area contributed by atoms with Crippen LogP contribution >= 0.6 is 0 Å². The van der Waals surface area contributed by atoms with Crippen molar-refractivity contribution in [2.75, 3.05) is 0 Å². The average Bonchev–Trinajstić information content (AvgIpc) is 2.68. The second kappa shape index (κ2) is 5.31. The highest BCUT2D eigenvalue weighted by molar-refractivity contribution is 5.68. The zero-order valence-electron chi connectivity index (χ0n) is 13.1. The van der Waals surface area contributed by atoms with Crippen LogP contribution in [-0.2, 0) is 12.0 Å². The molecule has 0 fully saturated rings. The molecule has 0 saturated heterocycles. The summed E-state index contributed by atoms with van der Waals surface area (Å²) in [4.78, 5) is 0. The van der Waals surface area contributed by atoms with Gasteiger partial charge in [-0.1, -0.05) is 57.5 Å². The molecule has 108 valence electrons. The lowest BCUT2D eigenvalue weighted by Crippen LogP contribution is -2.13. The van der Waals surface area contributed by atoms with Crippen LogP contribution in [0.1, 0.15) is 45.4 Å². The normalized spacial score (nSPS) is 11.8. The molecule has 1 heterocycles. The van der Waals surface area contributed by atoms with Crippen molar-refractivity contribution in [1.82, 2.24) is 9.78 Å². The second-order valence-electron chi connectivity index (χ2n) is 6.38. The Morgan fingerprint density at radius 3 is 2.25 bits per heavy atom. The fourth-order valence-corrected chi connectivity index (χ4v) is 2.33. The van der Waals surface area contributed by atoms with Gasteiger partial charge in [0.2, 0.25) is 0 Å². The van der Waals surface area contributed by atoms with E-state index in [1.54, 1.807) is 0 Å². The Balaban J connectivity index is 2.61. The number of hydrogen-bond acceptors (Lipinski definition) is 2. The molecular formula is C17H24N2O. The van der Waals surface area contributed by atoms with Crippen molar-refractivity contribution in [3.63, 3.8) is 0 Å². The quantitative estimate of drug-likeness (QED) is 0.906. The molecule has 0 aliphatic rings. The van der Waals surface area contributed by atoms with Crippen LogP contribution in [0.25, 0.3) is 11.3 Å². The van der Waals surface area contributed by atoms with Crippen LogP contribution in [0.3, 0.4) is 0 Å². The minimum Gasteiger partial charge on any atom is -0.504 e. The van der Waals surface area contributed by atoms with E-state index in [9.17, 15) is 5.11 Å². The van der Waals surface area contributed by atoms with Crippen molar-refractivity contribution in [2.45, 2.75) is 53.0 Å². The molecule has 0 saturated carbocycles. The van der Waals surface area contributed by atoms with E-state index < -0.39 is 0 Å². The number of aromatic hydroxyl groups is 1. The van der Waals surface area contributed by atoms with E-state index >= 15 is 0 Å². The predicted molar refractivity (Wildman–Crippen MR) is 83.1 cm³/mol. The van der Waals surface area contributed by atoms with Gasteiger partial charge in [0, 0.05) is 17.5 Å². The van der Waals surface area contributed by atoms with Gasteiger partial charge < -0.3 is 5.11 Å². The number of aryl methyl sites for hydroxylation is 2. The van der Waals surface area contributed by atoms with Gasteiger partial charge in [-0.05, 0) is 13.3 Å². The van der Waals surface area contributed by atoms with Gasteiger partial charge in [-0.3, -0.25) is 4.68 Å². The maximum Gasteiger partial charge on any atom is 0.165 e. The molecule has 0 amide bonds. The van der Waals surface area contributed by atoms with Gasteiger partial charge in [0.1, 0.15) is 11.4 Å². The summed E-state index contributed by atoms with van der Waals surface area (Å²) in [6, 6.07) is 8.22. The minimum atomic E-state index is -0.164. The lowest BCUT2D eigenvalue weighted by Gasteiger charge is -2.15. The maximum atomic E-state index is 10.6. The summed E-state index contributed by atoms with van der Waals surface area (Å²) in [5.41, 5.74) is 3.66. The first-order valence-corrected chi connectivity index (χ1v) is 7.22. The number of nitrogens with zero attached hydrogens (tertiary/aromatic N) is 2. The SMILES string of the molecule is CCCn1nc(C(C)(C)C)c(O)c1-c1ccc(C)cc1. The Morgan fingerprint density at radius 1 is 1.15 bits per heavy atom. The molecule has 3 nitrogen and oxygen atoms in total. The van der Waals surface area contributed by atoms with Crippen molar-refractivity contribution >= 4 is 0 Å². The molecule has 1 aromatic heterocycles. The van der Waals surface area contributed by atoms with Gasteiger partial charge in [-0.25, -0.2) is 0 Å². The molecule has 1 aromatic carbocycles. The second-order valence-corrected chi connectivity index (χ2v) is 6.38. The first kappa shape index (κ1) is 14.6. The van der Waals surface area contributed by atoms with E-state index in [0.717, 1.165) is 29.9 Å². The summed E-state index contributed by atoms with van der Waals surface area (Å²) in [6.07, 6.45) is 0.990. The van der Waals surface area contributed by atoms with Crippen LogP contribution in [-0.4, -0.2) is 14.9 Å². The van der Waals surface area contributed by atoms with E-state index in [4.69, 9.17) is 0 Å². The third-order valence-electron chi connectivity index (χ3n) is 3.40. The monoisotopic (exact) mass is 272 g/mol. The van der Waals surface area contributed by atoms with E-state index in [1.807, 2.05) is 16.8 Å². The van der Waals surface area contributed by atoms with E-state index in [0.29, 0.717) is 5.75 Å². The van der Waals surface area contributed by atoms with E-state index in [2.05, 4.69) is 51.9 Å². The Kier molecular flexibility index (Phi) is 3.89. The van der Waals surface area contributed by atoms with Crippen LogP contribution in [0.5, 0.6) is 5.75 Å². The molecule has 0 aliphatic heterocycles. The van der Waals surface area contributed by atoms with Crippen molar-refractivity contribution in [1.29, 1.82) is 0 Å². The number of aromatic nitrogens is 2. The van der Waals surface area contributed by atoms with Crippen molar-refractivity contribution in [2.24, 2.45) is 0 Å². The lowest BCUT2D eigenvalue weighted by molar-refractivity contribution is 0.445. The highest BCUT2D eigenvalue weighted by Gasteiger charge is 2.27. The molecule has 2 rings (SSSR count). The van der Waals surface area contributed by atoms with Crippen LogP contribution in [0.4, 0.5) is 0 Å². The standard InChI is InChI=1S/C17H24N2O/c1-6-11-19-14(13-9-7-12(2)8-10-13)15(20)16(18-19)17(3,4)5/h7-10,20H,6,11H2,1-5H3. The molecule has 0 unspecified atom stereocenters. The van der Waals surface area contributed by atoms with Crippen LogP contribution in [0.15, 0.2) is 24.3 Å². The zero-order chi connectivity index (χ0) is 14.9. The molecule has 0 atom stereocenters. The summed E-state index contributed by atoms with van der Waals surface area (Å²) >= 11 is 0. The molecule has 0 aliphatic carbocycles. The van der Waals surface area contributed by atoms with Gasteiger partial charge >= 0.3 is 0 Å². The Hall–Kier alpha value is -1.77. The first-order chi connectivity index (χ1) is 9.34. The van der Waals surface area contributed by atoms with Gasteiger partial charge in [-0.2, -0.15) is 5.10 Å². The van der Waals surface area contributed by atoms with Crippen LogP contribution in [0, 0.1) is 6.92 Å². The molecule has 0 spiro atoms. The summed E-state index contributed by atoms with van der Waals surface area (Å²) in [6.45, 7) is 11.2. The summed E-state index contributed by atoms with van der Waals surface area (Å²) in [5, 5.41) is 15.2. The Labute approximate surface area is 121 Å². The highest BCUT2D eigenvalue weighted by Crippen LogP contribution is 2.38. The lowest BCUT2D eigenvalue weighted by atomic mass is 9.91. The van der Waals surface area contributed by atoms with Crippen LogP contribution < -0.4 is 0 Å². The fourth-order valence-electron chi connectivity index (χ4n) is 2.33. The third-order valence-corrected chi connectivity index (χ3v) is 3.40. The van der Waals surface area contributed by atoms with Crippen molar-refractivity contribution < 1.29 is 5.11 Å². The summed E-state index contributed by atoms with van der Waals surface area (Å²) in [7, 11) is 0.